The van der Waals surface area contributed by atoms with Crippen LogP contribution in [0.2, 0.25) is 0 Å². The Kier molecular flexibility index (Phi) is 4.14. The zero-order valence-electron chi connectivity index (χ0n) is 10.2. The van der Waals surface area contributed by atoms with Crippen LogP contribution in [0.1, 0.15) is 22.3 Å². The van der Waals surface area contributed by atoms with Crippen molar-refractivity contribution < 1.29 is 0 Å². The van der Waals surface area contributed by atoms with Gasteiger partial charge in [-0.25, -0.2) is 0 Å². The highest BCUT2D eigenvalue weighted by Crippen LogP contribution is 2.05. The summed E-state index contributed by atoms with van der Waals surface area (Å²) in [5.74, 6) is 6.28. The highest BCUT2D eigenvalue weighted by molar-refractivity contribution is 5.44. The first kappa shape index (κ1) is 12.4. The minimum absolute atomic E-state index is 0.540. The van der Waals surface area contributed by atoms with Crippen molar-refractivity contribution in [2.24, 2.45) is 11.5 Å². The van der Waals surface area contributed by atoms with Gasteiger partial charge in [0.05, 0.1) is 0 Å². The molecule has 0 radical (unpaired) electrons. The van der Waals surface area contributed by atoms with Gasteiger partial charge in [-0.3, -0.25) is 0 Å². The van der Waals surface area contributed by atoms with Crippen molar-refractivity contribution in [2.75, 3.05) is 0 Å². The van der Waals surface area contributed by atoms with E-state index in [0.29, 0.717) is 13.1 Å². The molecule has 2 nitrogen and oxygen atoms in total. The molecular formula is C16H16N2. The van der Waals surface area contributed by atoms with Crippen LogP contribution in [0.15, 0.2) is 48.5 Å². The fraction of sp³-hybridized carbons (Fsp3) is 0.125. The van der Waals surface area contributed by atoms with Crippen molar-refractivity contribution in [1.82, 2.24) is 0 Å². The molecule has 0 aliphatic carbocycles. The normalized spacial score (nSPS) is 9.67. The van der Waals surface area contributed by atoms with Crippen LogP contribution in [0.4, 0.5) is 0 Å². The number of benzene rings is 2. The summed E-state index contributed by atoms with van der Waals surface area (Å²) in [4.78, 5) is 0. The van der Waals surface area contributed by atoms with Crippen LogP contribution in [-0.2, 0) is 13.1 Å². The van der Waals surface area contributed by atoms with Gasteiger partial charge in [-0.1, -0.05) is 36.1 Å². The highest BCUT2D eigenvalue weighted by Gasteiger charge is 1.92. The summed E-state index contributed by atoms with van der Waals surface area (Å²) >= 11 is 0. The molecule has 0 spiro atoms. The van der Waals surface area contributed by atoms with E-state index < -0.39 is 0 Å². The smallest absolute Gasteiger partial charge is 0.0252 e. The second kappa shape index (κ2) is 6.02. The maximum absolute atomic E-state index is 5.60. The van der Waals surface area contributed by atoms with E-state index in [2.05, 4.69) is 11.8 Å². The summed E-state index contributed by atoms with van der Waals surface area (Å²) in [7, 11) is 0. The predicted molar refractivity (Wildman–Crippen MR) is 74.6 cm³/mol. The van der Waals surface area contributed by atoms with Gasteiger partial charge in [0.15, 0.2) is 0 Å². The predicted octanol–water partition coefficient (Wildman–Crippen LogP) is 2.00. The summed E-state index contributed by atoms with van der Waals surface area (Å²) in [6.07, 6.45) is 0. The first-order chi connectivity index (χ1) is 8.81. The largest absolute Gasteiger partial charge is 0.326 e. The quantitative estimate of drug-likeness (QED) is 0.784. The molecule has 0 atom stereocenters. The molecule has 0 saturated heterocycles. The topological polar surface area (TPSA) is 52.0 Å². The van der Waals surface area contributed by atoms with Gasteiger partial charge in [-0.2, -0.15) is 0 Å². The Hall–Kier alpha value is -2.08. The molecule has 4 N–H and O–H groups in total. The number of nitrogens with two attached hydrogens (primary N) is 2. The fourth-order valence-corrected chi connectivity index (χ4v) is 1.70. The van der Waals surface area contributed by atoms with E-state index in [1.165, 1.54) is 0 Å². The van der Waals surface area contributed by atoms with E-state index in [9.17, 15) is 0 Å². The molecule has 0 fully saturated rings. The third-order valence-corrected chi connectivity index (χ3v) is 2.68. The SMILES string of the molecule is NCc1cccc(C#Cc2cccc(CN)c2)c1. The molecule has 2 rings (SSSR count). The van der Waals surface area contributed by atoms with Crippen molar-refractivity contribution in [1.29, 1.82) is 0 Å². The summed E-state index contributed by atoms with van der Waals surface area (Å²) in [5, 5.41) is 0. The van der Waals surface area contributed by atoms with Crippen LogP contribution in [0.25, 0.3) is 0 Å². The molecule has 0 saturated carbocycles. The summed E-state index contributed by atoms with van der Waals surface area (Å²) in [6.45, 7) is 1.08. The van der Waals surface area contributed by atoms with Crippen LogP contribution < -0.4 is 11.5 Å². The van der Waals surface area contributed by atoms with Gasteiger partial charge in [0, 0.05) is 24.2 Å². The Labute approximate surface area is 108 Å². The molecule has 0 bridgehead atoms. The van der Waals surface area contributed by atoms with E-state index >= 15 is 0 Å². The molecule has 2 aromatic rings. The first-order valence-electron chi connectivity index (χ1n) is 5.92. The molecule has 0 amide bonds. The van der Waals surface area contributed by atoms with E-state index in [4.69, 9.17) is 11.5 Å². The second-order valence-corrected chi connectivity index (χ2v) is 4.06. The van der Waals surface area contributed by atoms with Gasteiger partial charge in [0.2, 0.25) is 0 Å². The Balaban J connectivity index is 2.24. The average molecular weight is 236 g/mol. The fourth-order valence-electron chi connectivity index (χ4n) is 1.70. The standard InChI is InChI=1S/C16H16N2/c17-11-15-5-1-3-13(9-15)7-8-14-4-2-6-16(10-14)12-18/h1-6,9-10H,11-12,17-18H2. The van der Waals surface area contributed by atoms with Crippen LogP contribution in [0, 0.1) is 11.8 Å². The Morgan fingerprint density at radius 1 is 0.722 bits per heavy atom. The molecule has 2 aromatic carbocycles. The van der Waals surface area contributed by atoms with Gasteiger partial charge in [0.1, 0.15) is 0 Å². The Bertz CT molecular complexity index is 540. The van der Waals surface area contributed by atoms with E-state index in [0.717, 1.165) is 22.3 Å². The van der Waals surface area contributed by atoms with E-state index in [1.54, 1.807) is 0 Å². The molecule has 18 heavy (non-hydrogen) atoms. The molecule has 2 heteroatoms. The van der Waals surface area contributed by atoms with Crippen molar-refractivity contribution in [2.45, 2.75) is 13.1 Å². The number of hydrogen-bond donors (Lipinski definition) is 2. The lowest BCUT2D eigenvalue weighted by Gasteiger charge is -1.97. The van der Waals surface area contributed by atoms with Crippen molar-refractivity contribution in [3.63, 3.8) is 0 Å². The lowest BCUT2D eigenvalue weighted by Crippen LogP contribution is -1.96. The summed E-state index contributed by atoms with van der Waals surface area (Å²) in [6, 6.07) is 15.9. The third-order valence-electron chi connectivity index (χ3n) is 2.68. The summed E-state index contributed by atoms with van der Waals surface area (Å²) in [5.41, 5.74) is 15.4. The average Bonchev–Trinajstić information content (AvgIpc) is 2.45. The van der Waals surface area contributed by atoms with Gasteiger partial charge in [-0.05, 0) is 35.4 Å². The lowest BCUT2D eigenvalue weighted by atomic mass is 10.1. The van der Waals surface area contributed by atoms with Gasteiger partial charge in [0.25, 0.3) is 0 Å². The zero-order chi connectivity index (χ0) is 12.8. The molecule has 0 aliphatic rings. The molecule has 0 aromatic heterocycles. The van der Waals surface area contributed by atoms with Crippen molar-refractivity contribution in [3.8, 4) is 11.8 Å². The minimum atomic E-state index is 0.540. The highest BCUT2D eigenvalue weighted by atomic mass is 14.5. The molecule has 90 valence electrons. The lowest BCUT2D eigenvalue weighted by molar-refractivity contribution is 1.07. The van der Waals surface area contributed by atoms with Crippen LogP contribution in [-0.4, -0.2) is 0 Å². The van der Waals surface area contributed by atoms with Crippen molar-refractivity contribution in [3.05, 3.63) is 70.8 Å². The van der Waals surface area contributed by atoms with E-state index in [1.807, 2.05) is 48.5 Å². The van der Waals surface area contributed by atoms with Crippen molar-refractivity contribution >= 4 is 0 Å². The Morgan fingerprint density at radius 3 is 1.56 bits per heavy atom. The van der Waals surface area contributed by atoms with Gasteiger partial charge in [-0.15, -0.1) is 0 Å². The maximum Gasteiger partial charge on any atom is 0.0252 e. The Morgan fingerprint density at radius 2 is 1.17 bits per heavy atom. The second-order valence-electron chi connectivity index (χ2n) is 4.06. The molecule has 0 unspecified atom stereocenters. The first-order valence-corrected chi connectivity index (χ1v) is 5.92. The number of rotatable bonds is 2. The minimum Gasteiger partial charge on any atom is -0.326 e. The van der Waals surface area contributed by atoms with Crippen LogP contribution >= 0.6 is 0 Å². The zero-order valence-corrected chi connectivity index (χ0v) is 10.2. The third kappa shape index (κ3) is 3.21. The summed E-state index contributed by atoms with van der Waals surface area (Å²) < 4.78 is 0. The molecular weight excluding hydrogens is 220 g/mol. The van der Waals surface area contributed by atoms with Gasteiger partial charge < -0.3 is 11.5 Å². The van der Waals surface area contributed by atoms with Crippen LogP contribution in [0.3, 0.4) is 0 Å². The number of hydrogen-bond acceptors (Lipinski definition) is 2. The maximum atomic E-state index is 5.60. The molecule has 0 heterocycles. The van der Waals surface area contributed by atoms with E-state index in [-0.39, 0.29) is 0 Å². The monoisotopic (exact) mass is 236 g/mol. The van der Waals surface area contributed by atoms with Crippen LogP contribution in [0.5, 0.6) is 0 Å². The molecule has 0 aliphatic heterocycles. The van der Waals surface area contributed by atoms with Gasteiger partial charge >= 0.3 is 0 Å².